The Bertz CT molecular complexity index is 1290. The Morgan fingerprint density at radius 1 is 0.767 bits per heavy atom. The van der Waals surface area contributed by atoms with Gasteiger partial charge in [-0.25, -0.2) is 18.4 Å². The minimum atomic E-state index is -3.80. The maximum atomic E-state index is 12.9. The van der Waals surface area contributed by atoms with E-state index in [0.29, 0.717) is 23.4 Å². The minimum absolute atomic E-state index is 0.169. The number of fused-ring (bicyclic) bond motifs is 1. The SMILES string of the molecule is Cc1ccc(S(=O)(=O)Nc2nc3ccc(C)cc3nc2NCc2ccccc2)cc1. The maximum Gasteiger partial charge on any atom is 0.263 e. The minimum Gasteiger partial charge on any atom is -0.363 e. The molecule has 1 heterocycles. The predicted octanol–water partition coefficient (Wildman–Crippen LogP) is 4.66. The van der Waals surface area contributed by atoms with Gasteiger partial charge in [0.05, 0.1) is 15.9 Å². The van der Waals surface area contributed by atoms with Gasteiger partial charge in [-0.15, -0.1) is 0 Å². The molecular formula is C23H22N4O2S. The molecule has 2 N–H and O–H groups in total. The summed E-state index contributed by atoms with van der Waals surface area (Å²) in [5, 5.41) is 3.22. The second-order valence-corrected chi connectivity index (χ2v) is 8.85. The van der Waals surface area contributed by atoms with Gasteiger partial charge in [-0.05, 0) is 49.2 Å². The first-order valence-corrected chi connectivity index (χ1v) is 11.0. The highest BCUT2D eigenvalue weighted by Gasteiger charge is 2.19. The molecule has 0 radical (unpaired) electrons. The number of aromatic nitrogens is 2. The summed E-state index contributed by atoms with van der Waals surface area (Å²) in [5.74, 6) is 0.551. The van der Waals surface area contributed by atoms with Gasteiger partial charge in [0.2, 0.25) is 0 Å². The van der Waals surface area contributed by atoms with Crippen molar-refractivity contribution in [1.29, 1.82) is 0 Å². The zero-order valence-electron chi connectivity index (χ0n) is 16.8. The Morgan fingerprint density at radius 2 is 1.43 bits per heavy atom. The van der Waals surface area contributed by atoms with Gasteiger partial charge in [0, 0.05) is 6.54 Å². The van der Waals surface area contributed by atoms with Crippen LogP contribution >= 0.6 is 0 Å². The Labute approximate surface area is 176 Å². The summed E-state index contributed by atoms with van der Waals surface area (Å²) < 4.78 is 28.4. The average Bonchev–Trinajstić information content (AvgIpc) is 2.73. The molecule has 3 aromatic carbocycles. The summed E-state index contributed by atoms with van der Waals surface area (Å²) in [6, 6.07) is 22.2. The fourth-order valence-corrected chi connectivity index (χ4v) is 4.05. The van der Waals surface area contributed by atoms with Crippen LogP contribution in [0.25, 0.3) is 11.0 Å². The third kappa shape index (κ3) is 4.41. The Balaban J connectivity index is 1.72. The highest BCUT2D eigenvalue weighted by Crippen LogP contribution is 2.25. The Hall–Kier alpha value is -3.45. The number of nitrogens with zero attached hydrogens (tertiary/aromatic N) is 2. The van der Waals surface area contributed by atoms with Crippen LogP contribution in [0.1, 0.15) is 16.7 Å². The molecule has 0 saturated heterocycles. The summed E-state index contributed by atoms with van der Waals surface area (Å²) in [4.78, 5) is 9.36. The van der Waals surface area contributed by atoms with Crippen molar-refractivity contribution in [2.45, 2.75) is 25.3 Å². The van der Waals surface area contributed by atoms with Crippen LogP contribution < -0.4 is 10.0 Å². The monoisotopic (exact) mass is 418 g/mol. The number of anilines is 2. The predicted molar refractivity (Wildman–Crippen MR) is 120 cm³/mol. The number of nitrogens with one attached hydrogen (secondary N) is 2. The van der Waals surface area contributed by atoms with Crippen LogP contribution in [0.3, 0.4) is 0 Å². The van der Waals surface area contributed by atoms with Crippen molar-refractivity contribution in [1.82, 2.24) is 9.97 Å². The van der Waals surface area contributed by atoms with Crippen molar-refractivity contribution < 1.29 is 8.42 Å². The van der Waals surface area contributed by atoms with Crippen molar-refractivity contribution in [2.75, 3.05) is 10.0 Å². The van der Waals surface area contributed by atoms with Crippen molar-refractivity contribution in [3.8, 4) is 0 Å². The average molecular weight is 419 g/mol. The highest BCUT2D eigenvalue weighted by molar-refractivity contribution is 7.92. The third-order valence-corrected chi connectivity index (χ3v) is 6.04. The molecule has 152 valence electrons. The van der Waals surface area contributed by atoms with Crippen LogP contribution in [0.4, 0.5) is 11.6 Å². The number of sulfonamides is 1. The fourth-order valence-electron chi connectivity index (χ4n) is 3.04. The van der Waals surface area contributed by atoms with E-state index in [1.54, 1.807) is 24.3 Å². The molecule has 0 saturated carbocycles. The molecule has 7 heteroatoms. The number of benzene rings is 3. The van der Waals surface area contributed by atoms with Gasteiger partial charge in [-0.1, -0.05) is 54.1 Å². The number of hydrogen-bond donors (Lipinski definition) is 2. The van der Waals surface area contributed by atoms with Gasteiger partial charge in [-0.2, -0.15) is 0 Å². The first-order valence-electron chi connectivity index (χ1n) is 9.56. The van der Waals surface area contributed by atoms with Crippen molar-refractivity contribution in [3.05, 3.63) is 89.5 Å². The molecule has 0 unspecified atom stereocenters. The van der Waals surface area contributed by atoms with Crippen LogP contribution in [0.15, 0.2) is 77.7 Å². The lowest BCUT2D eigenvalue weighted by Gasteiger charge is -2.14. The van der Waals surface area contributed by atoms with E-state index in [-0.39, 0.29) is 10.7 Å². The van der Waals surface area contributed by atoms with E-state index >= 15 is 0 Å². The topological polar surface area (TPSA) is 84.0 Å². The smallest absolute Gasteiger partial charge is 0.263 e. The quantitative estimate of drug-likeness (QED) is 0.476. The molecular weight excluding hydrogens is 396 g/mol. The third-order valence-electron chi connectivity index (χ3n) is 4.68. The molecule has 0 atom stereocenters. The first-order chi connectivity index (χ1) is 14.4. The number of hydrogen-bond acceptors (Lipinski definition) is 5. The van der Waals surface area contributed by atoms with E-state index in [0.717, 1.165) is 16.7 Å². The largest absolute Gasteiger partial charge is 0.363 e. The Morgan fingerprint density at radius 3 is 2.17 bits per heavy atom. The molecule has 4 aromatic rings. The zero-order valence-corrected chi connectivity index (χ0v) is 17.6. The summed E-state index contributed by atoms with van der Waals surface area (Å²) in [6.07, 6.45) is 0. The van der Waals surface area contributed by atoms with Crippen LogP contribution in [-0.2, 0) is 16.6 Å². The van der Waals surface area contributed by atoms with Crippen LogP contribution in [0.2, 0.25) is 0 Å². The molecule has 1 aromatic heterocycles. The zero-order chi connectivity index (χ0) is 21.1. The molecule has 0 bridgehead atoms. The first kappa shape index (κ1) is 19.8. The number of rotatable bonds is 6. The summed E-state index contributed by atoms with van der Waals surface area (Å²) >= 11 is 0. The van der Waals surface area contributed by atoms with Crippen molar-refractivity contribution >= 4 is 32.7 Å². The van der Waals surface area contributed by atoms with Gasteiger partial charge in [0.25, 0.3) is 10.0 Å². The molecule has 0 aliphatic heterocycles. The van der Waals surface area contributed by atoms with Gasteiger partial charge < -0.3 is 5.32 Å². The molecule has 6 nitrogen and oxygen atoms in total. The molecule has 0 aliphatic rings. The lowest BCUT2D eigenvalue weighted by Crippen LogP contribution is -2.16. The van der Waals surface area contributed by atoms with Crippen LogP contribution in [0.5, 0.6) is 0 Å². The molecule has 0 spiro atoms. The fraction of sp³-hybridized carbons (Fsp3) is 0.130. The normalized spacial score (nSPS) is 11.4. The standard InChI is InChI=1S/C23H22N4O2S/c1-16-8-11-19(12-9-16)30(28,29)27-23-22(24-15-18-6-4-3-5-7-18)26-21-14-17(2)10-13-20(21)25-23/h3-14H,15H2,1-2H3,(H,24,26)(H,25,27). The molecule has 0 aliphatic carbocycles. The highest BCUT2D eigenvalue weighted by atomic mass is 32.2. The lowest BCUT2D eigenvalue weighted by atomic mass is 10.2. The van der Waals surface area contributed by atoms with E-state index < -0.39 is 10.0 Å². The van der Waals surface area contributed by atoms with Crippen LogP contribution in [0, 0.1) is 13.8 Å². The maximum absolute atomic E-state index is 12.9. The summed E-state index contributed by atoms with van der Waals surface area (Å²) in [6.45, 7) is 4.38. The van der Waals surface area contributed by atoms with E-state index in [9.17, 15) is 8.42 Å². The van der Waals surface area contributed by atoms with Gasteiger partial charge >= 0.3 is 0 Å². The van der Waals surface area contributed by atoms with E-state index in [2.05, 4.69) is 20.0 Å². The summed E-state index contributed by atoms with van der Waals surface area (Å²) in [5.41, 5.74) is 4.41. The van der Waals surface area contributed by atoms with Gasteiger partial charge in [0.1, 0.15) is 0 Å². The Kier molecular flexibility index (Phi) is 5.37. The van der Waals surface area contributed by atoms with E-state index in [4.69, 9.17) is 0 Å². The van der Waals surface area contributed by atoms with E-state index in [1.165, 1.54) is 0 Å². The van der Waals surface area contributed by atoms with Gasteiger partial charge in [0.15, 0.2) is 11.6 Å². The molecule has 30 heavy (non-hydrogen) atoms. The molecule has 0 fully saturated rings. The van der Waals surface area contributed by atoms with E-state index in [1.807, 2.05) is 62.4 Å². The molecule has 0 amide bonds. The molecule has 4 rings (SSSR count). The van der Waals surface area contributed by atoms with Crippen LogP contribution in [-0.4, -0.2) is 18.4 Å². The van der Waals surface area contributed by atoms with Gasteiger partial charge in [-0.3, -0.25) is 4.72 Å². The van der Waals surface area contributed by atoms with Crippen molar-refractivity contribution in [2.24, 2.45) is 0 Å². The second kappa shape index (κ2) is 8.12. The second-order valence-electron chi connectivity index (χ2n) is 7.17. The lowest BCUT2D eigenvalue weighted by molar-refractivity contribution is 0.601. The van der Waals surface area contributed by atoms with Crippen molar-refractivity contribution in [3.63, 3.8) is 0 Å². The summed E-state index contributed by atoms with van der Waals surface area (Å²) in [7, 11) is -3.80. The number of aryl methyl sites for hydroxylation is 2.